The third-order valence-corrected chi connectivity index (χ3v) is 1.48. The lowest BCUT2D eigenvalue weighted by atomic mass is 10.1. The molecule has 0 atom stereocenters. The van der Waals surface area contributed by atoms with Crippen LogP contribution in [-0.2, 0) is 0 Å². The van der Waals surface area contributed by atoms with Crippen LogP contribution in [0.2, 0.25) is 0 Å². The van der Waals surface area contributed by atoms with Crippen molar-refractivity contribution in [2.75, 3.05) is 6.54 Å². The monoisotopic (exact) mass is 199 g/mol. The van der Waals surface area contributed by atoms with E-state index in [0.29, 0.717) is 0 Å². The van der Waals surface area contributed by atoms with Crippen LogP contribution < -0.4 is 0 Å². The number of hydrogen-bond donors (Lipinski definition) is 0. The van der Waals surface area contributed by atoms with Crippen LogP contribution in [0, 0.1) is 0 Å². The van der Waals surface area contributed by atoms with Gasteiger partial charge in [-0.3, -0.25) is 0 Å². The van der Waals surface area contributed by atoms with Crippen LogP contribution in [0.25, 0.3) is 10.4 Å². The molecule has 76 valence electrons. The van der Waals surface area contributed by atoms with Crippen LogP contribution >= 0.6 is 0 Å². The van der Waals surface area contributed by atoms with Crippen molar-refractivity contribution in [3.05, 3.63) is 46.9 Å². The highest BCUT2D eigenvalue weighted by atomic mass is 19.3. The van der Waals surface area contributed by atoms with Crippen LogP contribution in [0.1, 0.15) is 6.92 Å². The number of rotatable bonds is 5. The van der Waals surface area contributed by atoms with Crippen molar-refractivity contribution >= 4 is 0 Å². The Morgan fingerprint density at radius 1 is 1.64 bits per heavy atom. The van der Waals surface area contributed by atoms with Crippen molar-refractivity contribution in [3.63, 3.8) is 0 Å². The molecule has 3 nitrogen and oxygen atoms in total. The van der Waals surface area contributed by atoms with E-state index in [4.69, 9.17) is 5.53 Å². The Balaban J connectivity index is 4.74. The number of allylic oxidation sites excluding steroid dienone is 4. The molecule has 0 radical (unpaired) electrons. The highest BCUT2D eigenvalue weighted by Gasteiger charge is 2.30. The lowest BCUT2D eigenvalue weighted by molar-refractivity contribution is 0.0555. The van der Waals surface area contributed by atoms with Crippen molar-refractivity contribution in [2.24, 2.45) is 5.11 Å². The molecule has 0 N–H and O–H groups in total. The van der Waals surface area contributed by atoms with Gasteiger partial charge in [-0.1, -0.05) is 36.0 Å². The lowest BCUT2D eigenvalue weighted by Crippen LogP contribution is -2.22. The Kier molecular flexibility index (Phi) is 5.26. The summed E-state index contributed by atoms with van der Waals surface area (Å²) in [5.41, 5.74) is 7.74. The Labute approximate surface area is 81.1 Å². The fraction of sp³-hybridized carbons (Fsp3) is 0.333. The SMILES string of the molecule is C=C/C=C\C(=C/C)C(F)(F)CN=[N+]=[N-]. The van der Waals surface area contributed by atoms with E-state index >= 15 is 0 Å². The molecule has 0 aliphatic carbocycles. The van der Waals surface area contributed by atoms with Gasteiger partial charge >= 0.3 is 0 Å². The first-order valence-corrected chi connectivity index (χ1v) is 3.93. The first-order valence-electron chi connectivity index (χ1n) is 3.93. The van der Waals surface area contributed by atoms with Gasteiger partial charge in [0.25, 0.3) is 5.92 Å². The molecule has 14 heavy (non-hydrogen) atoms. The van der Waals surface area contributed by atoms with E-state index in [2.05, 4.69) is 16.6 Å². The normalized spacial score (nSPS) is 12.6. The highest BCUT2D eigenvalue weighted by molar-refractivity contribution is 5.28. The standard InChI is InChI=1S/C9H11F2N3/c1-3-5-6-8(4-2)9(10,11)7-13-14-12/h3-6H,1,7H2,2H3/b6-5-,8-4+. The number of nitrogens with zero attached hydrogens (tertiary/aromatic N) is 3. The number of hydrogen-bond acceptors (Lipinski definition) is 1. The summed E-state index contributed by atoms with van der Waals surface area (Å²) in [6.07, 6.45) is 5.30. The molecule has 0 aromatic rings. The smallest absolute Gasteiger partial charge is 0.201 e. The zero-order valence-electron chi connectivity index (χ0n) is 7.82. The topological polar surface area (TPSA) is 48.8 Å². The number of alkyl halides is 2. The minimum Gasteiger partial charge on any atom is -0.201 e. The van der Waals surface area contributed by atoms with Crippen molar-refractivity contribution in [2.45, 2.75) is 12.8 Å². The van der Waals surface area contributed by atoms with Crippen molar-refractivity contribution in [3.8, 4) is 0 Å². The molecule has 0 aliphatic heterocycles. The first-order chi connectivity index (χ1) is 6.58. The van der Waals surface area contributed by atoms with E-state index in [0.717, 1.165) is 0 Å². The lowest BCUT2D eigenvalue weighted by Gasteiger charge is -2.14. The summed E-state index contributed by atoms with van der Waals surface area (Å²) in [6, 6.07) is 0. The van der Waals surface area contributed by atoms with Crippen molar-refractivity contribution in [1.29, 1.82) is 0 Å². The summed E-state index contributed by atoms with van der Waals surface area (Å²) in [7, 11) is 0. The fourth-order valence-electron chi connectivity index (χ4n) is 0.813. The van der Waals surface area contributed by atoms with E-state index in [1.54, 1.807) is 0 Å². The van der Waals surface area contributed by atoms with Gasteiger partial charge in [-0.2, -0.15) is 0 Å². The zero-order valence-corrected chi connectivity index (χ0v) is 7.82. The molecule has 5 heteroatoms. The maximum absolute atomic E-state index is 13.2. The van der Waals surface area contributed by atoms with Gasteiger partial charge in [-0.15, -0.1) is 0 Å². The molecule has 0 rings (SSSR count). The fourth-order valence-corrected chi connectivity index (χ4v) is 0.813. The molecule has 0 spiro atoms. The molecule has 0 unspecified atom stereocenters. The van der Waals surface area contributed by atoms with Crippen LogP contribution in [0.4, 0.5) is 8.78 Å². The Morgan fingerprint density at radius 3 is 2.71 bits per heavy atom. The average molecular weight is 199 g/mol. The van der Waals surface area contributed by atoms with Gasteiger partial charge in [0.2, 0.25) is 0 Å². The quantitative estimate of drug-likeness (QED) is 0.281. The summed E-state index contributed by atoms with van der Waals surface area (Å²) in [5.74, 6) is -3.12. The van der Waals surface area contributed by atoms with Gasteiger partial charge in [0.1, 0.15) is 0 Å². The van der Waals surface area contributed by atoms with E-state index in [1.807, 2.05) is 0 Å². The molecule has 0 fully saturated rings. The second-order valence-corrected chi connectivity index (χ2v) is 2.43. The summed E-state index contributed by atoms with van der Waals surface area (Å²) >= 11 is 0. The van der Waals surface area contributed by atoms with Crippen LogP contribution in [0.15, 0.2) is 41.6 Å². The molecule has 0 aromatic heterocycles. The van der Waals surface area contributed by atoms with E-state index in [1.165, 1.54) is 31.2 Å². The van der Waals surface area contributed by atoms with Gasteiger partial charge in [0, 0.05) is 10.5 Å². The van der Waals surface area contributed by atoms with E-state index in [-0.39, 0.29) is 5.57 Å². The molecular weight excluding hydrogens is 188 g/mol. The molecule has 0 heterocycles. The van der Waals surface area contributed by atoms with Gasteiger partial charge in [0.05, 0.1) is 6.54 Å². The Hall–Kier alpha value is -1.61. The maximum atomic E-state index is 13.2. The summed E-state index contributed by atoms with van der Waals surface area (Å²) < 4.78 is 26.4. The minimum atomic E-state index is -3.12. The molecule has 0 bridgehead atoms. The largest absolute Gasteiger partial charge is 0.278 e. The van der Waals surface area contributed by atoms with Crippen LogP contribution in [0.3, 0.4) is 0 Å². The molecular formula is C9H11F2N3. The van der Waals surface area contributed by atoms with Gasteiger partial charge < -0.3 is 0 Å². The zero-order chi connectivity index (χ0) is 11.0. The third kappa shape index (κ3) is 3.87. The molecule has 0 saturated carbocycles. The second-order valence-electron chi connectivity index (χ2n) is 2.43. The molecule has 0 aliphatic rings. The Morgan fingerprint density at radius 2 is 2.29 bits per heavy atom. The average Bonchev–Trinajstić information content (AvgIpc) is 2.16. The predicted octanol–water partition coefficient (Wildman–Crippen LogP) is 3.62. The highest BCUT2D eigenvalue weighted by Crippen LogP contribution is 2.25. The number of halogens is 2. The molecule has 0 amide bonds. The summed E-state index contributed by atoms with van der Waals surface area (Å²) in [4.78, 5) is 2.29. The van der Waals surface area contributed by atoms with E-state index < -0.39 is 12.5 Å². The predicted molar refractivity (Wildman–Crippen MR) is 52.1 cm³/mol. The van der Waals surface area contributed by atoms with Gasteiger partial charge in [-0.05, 0) is 12.5 Å². The van der Waals surface area contributed by atoms with Gasteiger partial charge in [0.15, 0.2) is 0 Å². The summed E-state index contributed by atoms with van der Waals surface area (Å²) in [6.45, 7) is 3.99. The molecule has 0 saturated heterocycles. The van der Waals surface area contributed by atoms with Crippen LogP contribution in [-0.4, -0.2) is 12.5 Å². The third-order valence-electron chi connectivity index (χ3n) is 1.48. The number of azide groups is 1. The Bertz CT molecular complexity index is 299. The van der Waals surface area contributed by atoms with Crippen LogP contribution in [0.5, 0.6) is 0 Å². The van der Waals surface area contributed by atoms with Gasteiger partial charge in [-0.25, -0.2) is 8.78 Å². The van der Waals surface area contributed by atoms with Crippen molar-refractivity contribution in [1.82, 2.24) is 0 Å². The maximum Gasteiger partial charge on any atom is 0.278 e. The van der Waals surface area contributed by atoms with E-state index in [9.17, 15) is 8.78 Å². The first kappa shape index (κ1) is 12.4. The summed E-state index contributed by atoms with van der Waals surface area (Å²) in [5, 5.41) is 2.85. The second kappa shape index (κ2) is 5.94. The van der Waals surface area contributed by atoms with Crippen molar-refractivity contribution < 1.29 is 8.78 Å². The molecule has 0 aromatic carbocycles. The minimum absolute atomic E-state index is 0.190.